The standard InChI is InChI=1S/C21H34N2O2S/c1-24-16-19-14-23(15-20-3-2-12-26-20)17-21(19)6-8-22(9-7-21)13-18-4-10-25-11-5-18/h2-3,12,18-19H,4-11,13-17H2,1H3. The summed E-state index contributed by atoms with van der Waals surface area (Å²) in [7, 11) is 1.87. The van der Waals surface area contributed by atoms with Crippen molar-refractivity contribution in [2.75, 3.05) is 59.7 Å². The van der Waals surface area contributed by atoms with E-state index >= 15 is 0 Å². The quantitative estimate of drug-likeness (QED) is 0.758. The van der Waals surface area contributed by atoms with Crippen LogP contribution in [0.25, 0.3) is 0 Å². The molecule has 1 aromatic heterocycles. The fourth-order valence-electron chi connectivity index (χ4n) is 5.36. The lowest BCUT2D eigenvalue weighted by Gasteiger charge is -2.43. The molecule has 1 aromatic rings. The maximum Gasteiger partial charge on any atom is 0.0508 e. The molecule has 1 spiro atoms. The molecule has 4 heterocycles. The van der Waals surface area contributed by atoms with Gasteiger partial charge in [0.05, 0.1) is 6.61 Å². The summed E-state index contributed by atoms with van der Waals surface area (Å²) in [5.41, 5.74) is 0.472. The third-order valence-corrected chi connectivity index (χ3v) is 7.78. The number of thiophene rings is 1. The molecule has 26 heavy (non-hydrogen) atoms. The van der Waals surface area contributed by atoms with Crippen molar-refractivity contribution in [2.45, 2.75) is 32.2 Å². The van der Waals surface area contributed by atoms with Crippen LogP contribution in [-0.2, 0) is 16.0 Å². The molecule has 5 heteroatoms. The zero-order chi connectivity index (χ0) is 17.8. The molecule has 1 atom stereocenters. The molecule has 3 fully saturated rings. The van der Waals surface area contributed by atoms with Crippen LogP contribution < -0.4 is 0 Å². The molecule has 1 unspecified atom stereocenters. The highest BCUT2D eigenvalue weighted by Crippen LogP contribution is 2.45. The summed E-state index contributed by atoms with van der Waals surface area (Å²) < 4.78 is 11.2. The van der Waals surface area contributed by atoms with Crippen LogP contribution in [0.2, 0.25) is 0 Å². The largest absolute Gasteiger partial charge is 0.384 e. The molecule has 4 nitrogen and oxygen atoms in total. The highest BCUT2D eigenvalue weighted by atomic mass is 32.1. The first-order chi connectivity index (χ1) is 12.8. The van der Waals surface area contributed by atoms with E-state index in [4.69, 9.17) is 9.47 Å². The predicted octanol–water partition coefficient (Wildman–Crippen LogP) is 3.34. The lowest BCUT2D eigenvalue weighted by atomic mass is 9.71. The number of ether oxygens (including phenoxy) is 2. The number of nitrogens with zero attached hydrogens (tertiary/aromatic N) is 2. The Morgan fingerprint density at radius 3 is 2.73 bits per heavy atom. The van der Waals surface area contributed by atoms with E-state index in [1.54, 1.807) is 0 Å². The minimum Gasteiger partial charge on any atom is -0.384 e. The minimum absolute atomic E-state index is 0.472. The van der Waals surface area contributed by atoms with Crippen molar-refractivity contribution >= 4 is 11.3 Å². The summed E-state index contributed by atoms with van der Waals surface area (Å²) in [5.74, 6) is 1.55. The van der Waals surface area contributed by atoms with Crippen molar-refractivity contribution in [3.8, 4) is 0 Å². The summed E-state index contributed by atoms with van der Waals surface area (Å²) in [4.78, 5) is 6.91. The van der Waals surface area contributed by atoms with E-state index in [9.17, 15) is 0 Å². The Balaban J connectivity index is 1.33. The van der Waals surface area contributed by atoms with Crippen molar-refractivity contribution in [1.82, 2.24) is 9.80 Å². The highest BCUT2D eigenvalue weighted by molar-refractivity contribution is 7.09. The number of hydrogen-bond donors (Lipinski definition) is 0. The molecular formula is C21H34N2O2S. The number of piperidine rings is 1. The average Bonchev–Trinajstić information content (AvgIpc) is 3.28. The molecule has 0 N–H and O–H groups in total. The van der Waals surface area contributed by atoms with Crippen molar-refractivity contribution in [1.29, 1.82) is 0 Å². The molecule has 0 aliphatic carbocycles. The monoisotopic (exact) mass is 378 g/mol. The summed E-state index contributed by atoms with van der Waals surface area (Å²) in [6.07, 6.45) is 5.18. The van der Waals surface area contributed by atoms with Crippen molar-refractivity contribution < 1.29 is 9.47 Å². The third-order valence-electron chi connectivity index (χ3n) is 6.92. The minimum atomic E-state index is 0.472. The van der Waals surface area contributed by atoms with Gasteiger partial charge in [0, 0.05) is 57.3 Å². The van der Waals surface area contributed by atoms with Crippen LogP contribution in [0.4, 0.5) is 0 Å². The summed E-state index contributed by atoms with van der Waals surface area (Å²) in [6.45, 7) is 10.2. The van der Waals surface area contributed by atoms with E-state index in [1.807, 2.05) is 18.4 Å². The molecule has 146 valence electrons. The molecule has 0 aromatic carbocycles. The Kier molecular flexibility index (Phi) is 6.32. The zero-order valence-corrected chi connectivity index (χ0v) is 17.0. The van der Waals surface area contributed by atoms with Gasteiger partial charge < -0.3 is 14.4 Å². The molecule has 3 saturated heterocycles. The molecule has 3 aliphatic heterocycles. The fourth-order valence-corrected chi connectivity index (χ4v) is 6.11. The van der Waals surface area contributed by atoms with Gasteiger partial charge in [0.15, 0.2) is 0 Å². The van der Waals surface area contributed by atoms with Gasteiger partial charge in [-0.05, 0) is 61.6 Å². The first-order valence-electron chi connectivity index (χ1n) is 10.3. The molecule has 0 bridgehead atoms. The molecule has 3 aliphatic rings. The van der Waals surface area contributed by atoms with Crippen LogP contribution in [0.5, 0.6) is 0 Å². The first-order valence-corrected chi connectivity index (χ1v) is 11.2. The summed E-state index contributed by atoms with van der Waals surface area (Å²) >= 11 is 1.89. The van der Waals surface area contributed by atoms with Crippen LogP contribution in [0.15, 0.2) is 17.5 Å². The smallest absolute Gasteiger partial charge is 0.0508 e. The average molecular weight is 379 g/mol. The van der Waals surface area contributed by atoms with E-state index in [-0.39, 0.29) is 0 Å². The molecule has 4 rings (SSSR count). The van der Waals surface area contributed by atoms with Gasteiger partial charge in [-0.2, -0.15) is 0 Å². The van der Waals surface area contributed by atoms with Gasteiger partial charge in [0.25, 0.3) is 0 Å². The van der Waals surface area contributed by atoms with Crippen LogP contribution >= 0.6 is 11.3 Å². The van der Waals surface area contributed by atoms with Crippen molar-refractivity contribution in [3.05, 3.63) is 22.4 Å². The lowest BCUT2D eigenvalue weighted by molar-refractivity contribution is 0.0160. The van der Waals surface area contributed by atoms with E-state index in [0.29, 0.717) is 11.3 Å². The van der Waals surface area contributed by atoms with Gasteiger partial charge in [0.1, 0.15) is 0 Å². The fraction of sp³-hybridized carbons (Fsp3) is 0.810. The van der Waals surface area contributed by atoms with Crippen LogP contribution in [-0.4, -0.2) is 69.5 Å². The molecule has 0 radical (unpaired) electrons. The Morgan fingerprint density at radius 1 is 1.23 bits per heavy atom. The SMILES string of the molecule is COCC1CN(Cc2cccs2)CC12CCN(CC1CCOCC1)CC2. The maximum atomic E-state index is 5.63. The normalized spacial score (nSPS) is 28.1. The molecule has 0 saturated carbocycles. The summed E-state index contributed by atoms with van der Waals surface area (Å²) in [5, 5.41) is 2.20. The van der Waals surface area contributed by atoms with Crippen LogP contribution in [0.3, 0.4) is 0 Å². The second kappa shape index (κ2) is 8.70. The van der Waals surface area contributed by atoms with Gasteiger partial charge in [-0.3, -0.25) is 4.90 Å². The van der Waals surface area contributed by atoms with E-state index < -0.39 is 0 Å². The van der Waals surface area contributed by atoms with Gasteiger partial charge in [-0.15, -0.1) is 11.3 Å². The molecule has 0 amide bonds. The van der Waals surface area contributed by atoms with Crippen molar-refractivity contribution in [3.63, 3.8) is 0 Å². The van der Waals surface area contributed by atoms with Gasteiger partial charge in [0.2, 0.25) is 0 Å². The van der Waals surface area contributed by atoms with E-state index in [0.717, 1.165) is 32.3 Å². The number of hydrogen-bond acceptors (Lipinski definition) is 5. The Labute approximate surface area is 162 Å². The maximum absolute atomic E-state index is 5.63. The lowest BCUT2D eigenvalue weighted by Crippen LogP contribution is -2.46. The predicted molar refractivity (Wildman–Crippen MR) is 107 cm³/mol. The van der Waals surface area contributed by atoms with E-state index in [1.165, 1.54) is 63.3 Å². The van der Waals surface area contributed by atoms with E-state index in [2.05, 4.69) is 27.3 Å². The van der Waals surface area contributed by atoms with Gasteiger partial charge in [-0.25, -0.2) is 0 Å². The topological polar surface area (TPSA) is 24.9 Å². The number of rotatable bonds is 6. The first kappa shape index (κ1) is 18.9. The highest BCUT2D eigenvalue weighted by Gasteiger charge is 2.47. The third kappa shape index (κ3) is 4.33. The van der Waals surface area contributed by atoms with Crippen LogP contribution in [0.1, 0.15) is 30.6 Å². The van der Waals surface area contributed by atoms with Crippen molar-refractivity contribution in [2.24, 2.45) is 17.3 Å². The van der Waals surface area contributed by atoms with Gasteiger partial charge in [-0.1, -0.05) is 6.07 Å². The van der Waals surface area contributed by atoms with Crippen LogP contribution in [0, 0.1) is 17.3 Å². The Hall–Kier alpha value is -0.460. The zero-order valence-electron chi connectivity index (χ0n) is 16.2. The molecular weight excluding hydrogens is 344 g/mol. The summed E-state index contributed by atoms with van der Waals surface area (Å²) in [6, 6.07) is 4.45. The number of likely N-dealkylation sites (tertiary alicyclic amines) is 2. The second-order valence-corrected chi connectivity index (χ2v) is 9.65. The number of methoxy groups -OCH3 is 1. The van der Waals surface area contributed by atoms with Gasteiger partial charge >= 0.3 is 0 Å². The second-order valence-electron chi connectivity index (χ2n) is 8.62. The Bertz CT molecular complexity index is 536. The Morgan fingerprint density at radius 2 is 2.04 bits per heavy atom.